The van der Waals surface area contributed by atoms with Crippen molar-refractivity contribution in [1.29, 1.82) is 0 Å². The summed E-state index contributed by atoms with van der Waals surface area (Å²) in [5.41, 5.74) is 1.92. The van der Waals surface area contributed by atoms with E-state index >= 15 is 0 Å². The molecule has 2 aromatic carbocycles. The summed E-state index contributed by atoms with van der Waals surface area (Å²) in [5.74, 6) is 0.389. The van der Waals surface area contributed by atoms with E-state index in [4.69, 9.17) is 9.29 Å². The van der Waals surface area contributed by atoms with Crippen molar-refractivity contribution in [2.24, 2.45) is 5.92 Å². The van der Waals surface area contributed by atoms with Crippen LogP contribution in [0.5, 0.6) is 5.75 Å². The number of fused-ring (bicyclic) bond motifs is 1. The molecule has 5 rings (SSSR count). The Morgan fingerprint density at radius 3 is 2.41 bits per heavy atom. The fourth-order valence-corrected chi connectivity index (χ4v) is 4.74. The van der Waals surface area contributed by atoms with Gasteiger partial charge in [0.2, 0.25) is 11.9 Å². The molecule has 0 atom stereocenters. The van der Waals surface area contributed by atoms with E-state index in [9.17, 15) is 18.0 Å². The van der Waals surface area contributed by atoms with Crippen LogP contribution in [0, 0.1) is 5.92 Å². The molecule has 1 aromatic heterocycles. The molecule has 11 nitrogen and oxygen atoms in total. The fourth-order valence-electron chi connectivity index (χ4n) is 3.82. The van der Waals surface area contributed by atoms with Crippen molar-refractivity contribution in [2.45, 2.75) is 17.7 Å². The van der Waals surface area contributed by atoms with Crippen LogP contribution in [-0.2, 0) is 14.9 Å². The van der Waals surface area contributed by atoms with Crippen LogP contribution >= 0.6 is 0 Å². The van der Waals surface area contributed by atoms with Crippen LogP contribution < -0.4 is 14.4 Å². The molecule has 178 valence electrons. The number of carbonyl (C=O) groups excluding carboxylic acids is 1. The number of piperazine rings is 1. The number of rotatable bonds is 6. The monoisotopic (exact) mass is 485 g/mol. The van der Waals surface area contributed by atoms with Crippen molar-refractivity contribution in [3.63, 3.8) is 0 Å². The van der Waals surface area contributed by atoms with E-state index < -0.39 is 16.2 Å². The second-order valence-electron chi connectivity index (χ2n) is 8.32. The zero-order valence-corrected chi connectivity index (χ0v) is 18.9. The SMILES string of the molecule is O=C(Nc1nc2ccc(OS(=O)(=O)c3ccc(N4CCN(C(=O)O)CC4)cc3)cc2[nH]1)C1CC1. The van der Waals surface area contributed by atoms with Gasteiger partial charge in [-0.05, 0) is 49.2 Å². The molecular formula is C22H23N5O6S. The number of hydrogen-bond acceptors (Lipinski definition) is 7. The number of H-pyrrole nitrogens is 1. The predicted molar refractivity (Wildman–Crippen MR) is 124 cm³/mol. The van der Waals surface area contributed by atoms with E-state index in [1.54, 1.807) is 18.2 Å². The van der Waals surface area contributed by atoms with Crippen LogP contribution in [0.1, 0.15) is 12.8 Å². The molecule has 0 bridgehead atoms. The highest BCUT2D eigenvalue weighted by Crippen LogP contribution is 2.30. The summed E-state index contributed by atoms with van der Waals surface area (Å²) in [7, 11) is -4.07. The van der Waals surface area contributed by atoms with Crippen molar-refractivity contribution in [3.05, 3.63) is 42.5 Å². The lowest BCUT2D eigenvalue weighted by molar-refractivity contribution is -0.117. The lowest BCUT2D eigenvalue weighted by atomic mass is 10.2. The highest BCUT2D eigenvalue weighted by molar-refractivity contribution is 7.87. The number of carbonyl (C=O) groups is 2. The molecule has 0 unspecified atom stereocenters. The quantitative estimate of drug-likeness (QED) is 0.452. The third-order valence-corrected chi connectivity index (χ3v) is 7.15. The number of aromatic amines is 1. The zero-order chi connectivity index (χ0) is 23.9. The summed E-state index contributed by atoms with van der Waals surface area (Å²) in [6.45, 7) is 1.84. The molecule has 2 aliphatic rings. The minimum Gasteiger partial charge on any atom is -0.465 e. The van der Waals surface area contributed by atoms with Gasteiger partial charge in [-0.2, -0.15) is 8.42 Å². The Bertz CT molecular complexity index is 1340. The van der Waals surface area contributed by atoms with Crippen molar-refractivity contribution in [2.75, 3.05) is 36.4 Å². The van der Waals surface area contributed by atoms with Gasteiger partial charge in [-0.1, -0.05) is 0 Å². The average Bonchev–Trinajstić information content (AvgIpc) is 3.60. The Labute approximate surface area is 195 Å². The highest BCUT2D eigenvalue weighted by Gasteiger charge is 2.30. The van der Waals surface area contributed by atoms with Gasteiger partial charge in [-0.3, -0.25) is 10.1 Å². The summed E-state index contributed by atoms with van der Waals surface area (Å²) in [4.78, 5) is 33.6. The first-order chi connectivity index (χ1) is 16.3. The highest BCUT2D eigenvalue weighted by atomic mass is 32.2. The first kappa shape index (κ1) is 22.0. The van der Waals surface area contributed by atoms with Crippen LogP contribution in [0.25, 0.3) is 11.0 Å². The second-order valence-corrected chi connectivity index (χ2v) is 9.86. The number of imidazole rings is 1. The molecule has 1 aliphatic carbocycles. The second kappa shape index (κ2) is 8.52. The molecule has 1 saturated carbocycles. The van der Waals surface area contributed by atoms with Crippen molar-refractivity contribution >= 4 is 44.8 Å². The number of anilines is 2. The maximum Gasteiger partial charge on any atom is 0.407 e. The lowest BCUT2D eigenvalue weighted by Gasteiger charge is -2.34. The Kier molecular flexibility index (Phi) is 5.52. The molecule has 34 heavy (non-hydrogen) atoms. The summed E-state index contributed by atoms with van der Waals surface area (Å²) in [5, 5.41) is 11.8. The van der Waals surface area contributed by atoms with Gasteiger partial charge in [0, 0.05) is 43.9 Å². The third-order valence-electron chi connectivity index (χ3n) is 5.89. The van der Waals surface area contributed by atoms with Gasteiger partial charge >= 0.3 is 16.2 Å². The van der Waals surface area contributed by atoms with Gasteiger partial charge in [-0.25, -0.2) is 9.78 Å². The standard InChI is InChI=1S/C22H23N5O6S/c28-20(14-1-2-14)25-21-23-18-8-5-16(13-19(18)24-21)33-34(31,32)17-6-3-15(4-7-17)26-9-11-27(12-10-26)22(29)30/h3-8,13-14H,1-2,9-12H2,(H,29,30)(H2,23,24,25,28). The van der Waals surface area contributed by atoms with E-state index in [0.717, 1.165) is 18.5 Å². The molecule has 2 amide bonds. The number of nitrogens with zero attached hydrogens (tertiary/aromatic N) is 3. The molecular weight excluding hydrogens is 462 g/mol. The smallest absolute Gasteiger partial charge is 0.407 e. The number of amides is 2. The van der Waals surface area contributed by atoms with Gasteiger partial charge in [-0.15, -0.1) is 0 Å². The Hall–Kier alpha value is -3.80. The topological polar surface area (TPSA) is 145 Å². The Morgan fingerprint density at radius 2 is 1.76 bits per heavy atom. The Morgan fingerprint density at radius 1 is 1.06 bits per heavy atom. The summed E-state index contributed by atoms with van der Waals surface area (Å²) in [6.07, 6.45) is 0.819. The molecule has 1 saturated heterocycles. The van der Waals surface area contributed by atoms with Gasteiger partial charge < -0.3 is 24.1 Å². The maximum absolute atomic E-state index is 12.8. The summed E-state index contributed by atoms with van der Waals surface area (Å²) >= 11 is 0. The molecule has 3 N–H and O–H groups in total. The van der Waals surface area contributed by atoms with Crippen molar-refractivity contribution in [1.82, 2.24) is 14.9 Å². The average molecular weight is 486 g/mol. The van der Waals surface area contributed by atoms with Crippen LogP contribution in [0.4, 0.5) is 16.4 Å². The number of nitrogens with one attached hydrogen (secondary N) is 2. The summed E-state index contributed by atoms with van der Waals surface area (Å²) in [6, 6.07) is 10.9. The van der Waals surface area contributed by atoms with E-state index in [-0.39, 0.29) is 22.5 Å². The molecule has 2 fully saturated rings. The molecule has 0 radical (unpaired) electrons. The van der Waals surface area contributed by atoms with E-state index in [2.05, 4.69) is 15.3 Å². The van der Waals surface area contributed by atoms with Crippen molar-refractivity contribution < 1.29 is 27.3 Å². The van der Waals surface area contributed by atoms with Crippen LogP contribution in [0.3, 0.4) is 0 Å². The van der Waals surface area contributed by atoms with E-state index in [0.29, 0.717) is 43.2 Å². The Balaban J connectivity index is 1.26. The minimum atomic E-state index is -4.07. The predicted octanol–water partition coefficient (Wildman–Crippen LogP) is 2.48. The summed E-state index contributed by atoms with van der Waals surface area (Å²) < 4.78 is 30.9. The molecule has 2 heterocycles. The zero-order valence-electron chi connectivity index (χ0n) is 18.1. The van der Waals surface area contributed by atoms with Gasteiger partial charge in [0.15, 0.2) is 0 Å². The van der Waals surface area contributed by atoms with Gasteiger partial charge in [0.25, 0.3) is 0 Å². The number of aromatic nitrogens is 2. The number of hydrogen-bond donors (Lipinski definition) is 3. The van der Waals surface area contributed by atoms with E-state index in [1.165, 1.54) is 29.2 Å². The van der Waals surface area contributed by atoms with Crippen LogP contribution in [-0.4, -0.2) is 66.6 Å². The molecule has 1 aliphatic heterocycles. The van der Waals surface area contributed by atoms with Crippen LogP contribution in [0.15, 0.2) is 47.4 Å². The third kappa shape index (κ3) is 4.62. The largest absolute Gasteiger partial charge is 0.465 e. The first-order valence-electron chi connectivity index (χ1n) is 10.9. The normalized spacial score (nSPS) is 16.5. The van der Waals surface area contributed by atoms with E-state index in [1.807, 2.05) is 4.90 Å². The lowest BCUT2D eigenvalue weighted by Crippen LogP contribution is -2.48. The van der Waals surface area contributed by atoms with Crippen LogP contribution in [0.2, 0.25) is 0 Å². The molecule has 0 spiro atoms. The first-order valence-corrected chi connectivity index (χ1v) is 12.3. The maximum atomic E-state index is 12.8. The number of benzene rings is 2. The fraction of sp³-hybridized carbons (Fsp3) is 0.318. The van der Waals surface area contributed by atoms with Crippen molar-refractivity contribution in [3.8, 4) is 5.75 Å². The van der Waals surface area contributed by atoms with Gasteiger partial charge in [0.05, 0.1) is 11.0 Å². The molecule has 3 aromatic rings. The van der Waals surface area contributed by atoms with Gasteiger partial charge in [0.1, 0.15) is 10.6 Å². The number of carboxylic acid groups (broad SMARTS) is 1. The minimum absolute atomic E-state index is 0.00233. The molecule has 12 heteroatoms.